The topological polar surface area (TPSA) is 69.6 Å². The van der Waals surface area contributed by atoms with Crippen LogP contribution < -0.4 is 5.32 Å². The number of carbonyl (C=O) groups is 2. The van der Waals surface area contributed by atoms with Gasteiger partial charge in [0.2, 0.25) is 0 Å². The van der Waals surface area contributed by atoms with E-state index in [0.29, 0.717) is 25.3 Å². The van der Waals surface area contributed by atoms with Crippen LogP contribution in [0.4, 0.5) is 4.79 Å². The second-order valence-electron chi connectivity index (χ2n) is 7.07. The van der Waals surface area contributed by atoms with Gasteiger partial charge in [-0.1, -0.05) is 6.92 Å². The van der Waals surface area contributed by atoms with Gasteiger partial charge in [-0.05, 0) is 58.3 Å². The molecule has 2 N–H and O–H groups in total. The number of nitrogens with one attached hydrogen (secondary N) is 1. The van der Waals surface area contributed by atoms with Crippen molar-refractivity contribution in [1.29, 1.82) is 0 Å². The normalized spacial score (nSPS) is 33.0. The fraction of sp³-hybridized carbons (Fsp3) is 0.867. The summed E-state index contributed by atoms with van der Waals surface area (Å²) >= 11 is 0. The van der Waals surface area contributed by atoms with Crippen molar-refractivity contribution in [2.24, 2.45) is 5.92 Å². The maximum Gasteiger partial charge on any atom is 0.329 e. The molecule has 2 amide bonds. The van der Waals surface area contributed by atoms with Gasteiger partial charge in [0.05, 0.1) is 0 Å². The monoisotopic (exact) mass is 282 g/mol. The van der Waals surface area contributed by atoms with E-state index in [1.54, 1.807) is 4.90 Å². The van der Waals surface area contributed by atoms with E-state index in [-0.39, 0.29) is 11.6 Å². The summed E-state index contributed by atoms with van der Waals surface area (Å²) in [6.45, 7) is 6.92. The first-order chi connectivity index (χ1) is 9.27. The number of hydrogen-bond acceptors (Lipinski definition) is 2. The summed E-state index contributed by atoms with van der Waals surface area (Å²) in [5, 5.41) is 12.4. The SMILES string of the molecule is CC1CCC(NC(=O)N2CCCC2(C)C)(C(=O)O)CC1. The minimum Gasteiger partial charge on any atom is -0.480 e. The van der Waals surface area contributed by atoms with Crippen molar-refractivity contribution in [3.63, 3.8) is 0 Å². The zero-order valence-electron chi connectivity index (χ0n) is 12.7. The number of carboxylic acid groups (broad SMARTS) is 1. The molecule has 5 nitrogen and oxygen atoms in total. The van der Waals surface area contributed by atoms with E-state index in [1.807, 2.05) is 13.8 Å². The third kappa shape index (κ3) is 2.76. The van der Waals surface area contributed by atoms with Crippen LogP contribution in [0, 0.1) is 5.92 Å². The summed E-state index contributed by atoms with van der Waals surface area (Å²) in [5.74, 6) is -0.350. The van der Waals surface area contributed by atoms with Gasteiger partial charge in [0, 0.05) is 12.1 Å². The van der Waals surface area contributed by atoms with E-state index in [9.17, 15) is 14.7 Å². The fourth-order valence-electron chi connectivity index (χ4n) is 3.40. The second-order valence-corrected chi connectivity index (χ2v) is 7.07. The van der Waals surface area contributed by atoms with Crippen LogP contribution in [0.15, 0.2) is 0 Å². The van der Waals surface area contributed by atoms with Crippen LogP contribution in [0.2, 0.25) is 0 Å². The molecule has 0 spiro atoms. The Hall–Kier alpha value is -1.26. The molecule has 1 aliphatic carbocycles. The molecule has 5 heteroatoms. The lowest BCUT2D eigenvalue weighted by Gasteiger charge is -2.40. The van der Waals surface area contributed by atoms with Crippen molar-refractivity contribution in [3.8, 4) is 0 Å². The van der Waals surface area contributed by atoms with Gasteiger partial charge >= 0.3 is 12.0 Å². The quantitative estimate of drug-likeness (QED) is 0.818. The molecule has 1 saturated heterocycles. The highest BCUT2D eigenvalue weighted by atomic mass is 16.4. The molecular weight excluding hydrogens is 256 g/mol. The summed E-state index contributed by atoms with van der Waals surface area (Å²) in [4.78, 5) is 25.9. The maximum absolute atomic E-state index is 12.5. The van der Waals surface area contributed by atoms with E-state index < -0.39 is 11.5 Å². The average Bonchev–Trinajstić information content (AvgIpc) is 2.72. The van der Waals surface area contributed by atoms with Crippen molar-refractivity contribution in [3.05, 3.63) is 0 Å². The Kier molecular flexibility index (Phi) is 3.98. The lowest BCUT2D eigenvalue weighted by atomic mass is 9.77. The Labute approximate surface area is 120 Å². The predicted molar refractivity (Wildman–Crippen MR) is 76.5 cm³/mol. The Balaban J connectivity index is 2.09. The minimum atomic E-state index is -1.07. The number of nitrogens with zero attached hydrogens (tertiary/aromatic N) is 1. The summed E-state index contributed by atoms with van der Waals surface area (Å²) in [5.41, 5.74) is -1.24. The number of hydrogen-bond donors (Lipinski definition) is 2. The molecule has 0 radical (unpaired) electrons. The van der Waals surface area contributed by atoms with Gasteiger partial charge in [0.15, 0.2) is 0 Å². The number of carboxylic acids is 1. The molecule has 1 saturated carbocycles. The van der Waals surface area contributed by atoms with Crippen molar-refractivity contribution < 1.29 is 14.7 Å². The highest BCUT2D eigenvalue weighted by Gasteiger charge is 2.45. The van der Waals surface area contributed by atoms with E-state index in [1.165, 1.54) is 0 Å². The minimum absolute atomic E-state index is 0.175. The fourth-order valence-corrected chi connectivity index (χ4v) is 3.40. The van der Waals surface area contributed by atoms with Crippen LogP contribution >= 0.6 is 0 Å². The number of likely N-dealkylation sites (tertiary alicyclic amines) is 1. The third-order valence-electron chi connectivity index (χ3n) is 5.03. The Bertz CT molecular complexity index is 398. The Morgan fingerprint density at radius 3 is 2.25 bits per heavy atom. The van der Waals surface area contributed by atoms with Gasteiger partial charge in [0.25, 0.3) is 0 Å². The standard InChI is InChI=1S/C15H26N2O3/c1-11-5-8-15(9-6-11,12(18)19)16-13(20)17-10-4-7-14(17,2)3/h11H,4-10H2,1-3H3,(H,16,20)(H,18,19). The maximum atomic E-state index is 12.5. The van der Waals surface area contributed by atoms with Gasteiger partial charge < -0.3 is 15.3 Å². The molecule has 20 heavy (non-hydrogen) atoms. The van der Waals surface area contributed by atoms with Crippen LogP contribution in [-0.4, -0.2) is 39.6 Å². The zero-order valence-corrected chi connectivity index (χ0v) is 12.7. The van der Waals surface area contributed by atoms with Gasteiger partial charge in [0.1, 0.15) is 5.54 Å². The molecule has 114 valence electrons. The van der Waals surface area contributed by atoms with Gasteiger partial charge in [-0.15, -0.1) is 0 Å². The van der Waals surface area contributed by atoms with Crippen LogP contribution in [0.1, 0.15) is 59.3 Å². The Morgan fingerprint density at radius 1 is 1.20 bits per heavy atom. The molecule has 0 atom stereocenters. The molecule has 1 aliphatic heterocycles. The largest absolute Gasteiger partial charge is 0.480 e. The lowest BCUT2D eigenvalue weighted by molar-refractivity contribution is -0.146. The van der Waals surface area contributed by atoms with E-state index in [4.69, 9.17) is 0 Å². The molecule has 1 heterocycles. The van der Waals surface area contributed by atoms with E-state index in [2.05, 4.69) is 12.2 Å². The number of amides is 2. The molecule has 0 unspecified atom stereocenters. The molecule has 0 aromatic carbocycles. The number of urea groups is 1. The smallest absolute Gasteiger partial charge is 0.329 e. The second kappa shape index (κ2) is 5.26. The third-order valence-corrected chi connectivity index (χ3v) is 5.03. The molecule has 2 aliphatic rings. The van der Waals surface area contributed by atoms with E-state index >= 15 is 0 Å². The first-order valence-corrected chi connectivity index (χ1v) is 7.60. The highest BCUT2D eigenvalue weighted by Crippen LogP contribution is 2.34. The average molecular weight is 282 g/mol. The molecule has 0 aromatic heterocycles. The van der Waals surface area contributed by atoms with E-state index in [0.717, 1.165) is 25.7 Å². The summed E-state index contributed by atoms with van der Waals surface area (Å²) in [6.07, 6.45) is 4.73. The van der Waals surface area contributed by atoms with Crippen molar-refractivity contribution in [2.45, 2.75) is 70.4 Å². The lowest BCUT2D eigenvalue weighted by Crippen LogP contribution is -2.61. The highest BCUT2D eigenvalue weighted by molar-refractivity contribution is 5.86. The molecule has 0 aromatic rings. The van der Waals surface area contributed by atoms with Crippen molar-refractivity contribution >= 4 is 12.0 Å². The first-order valence-electron chi connectivity index (χ1n) is 7.60. The Morgan fingerprint density at radius 2 is 1.80 bits per heavy atom. The van der Waals surface area contributed by atoms with Gasteiger partial charge in [-0.3, -0.25) is 0 Å². The van der Waals surface area contributed by atoms with Crippen LogP contribution in [0.3, 0.4) is 0 Å². The molecular formula is C15H26N2O3. The van der Waals surface area contributed by atoms with Crippen LogP contribution in [0.5, 0.6) is 0 Å². The molecule has 0 bridgehead atoms. The summed E-state index contributed by atoms with van der Waals surface area (Å²) in [6, 6.07) is -0.218. The number of rotatable bonds is 2. The first kappa shape index (κ1) is 15.1. The number of carbonyl (C=O) groups excluding carboxylic acids is 1. The van der Waals surface area contributed by atoms with Gasteiger partial charge in [-0.2, -0.15) is 0 Å². The van der Waals surface area contributed by atoms with Crippen molar-refractivity contribution in [1.82, 2.24) is 10.2 Å². The molecule has 2 rings (SSSR count). The van der Waals surface area contributed by atoms with Crippen LogP contribution in [-0.2, 0) is 4.79 Å². The van der Waals surface area contributed by atoms with Gasteiger partial charge in [-0.25, -0.2) is 9.59 Å². The molecule has 2 fully saturated rings. The zero-order chi connectivity index (χ0) is 15.0. The summed E-state index contributed by atoms with van der Waals surface area (Å²) in [7, 11) is 0. The summed E-state index contributed by atoms with van der Waals surface area (Å²) < 4.78 is 0. The number of aliphatic carboxylic acids is 1. The predicted octanol–water partition coefficient (Wildman–Crippen LogP) is 2.60. The van der Waals surface area contributed by atoms with Crippen molar-refractivity contribution in [2.75, 3.05) is 6.54 Å². The van der Waals surface area contributed by atoms with Crippen LogP contribution in [0.25, 0.3) is 0 Å².